The highest BCUT2D eigenvalue weighted by atomic mass is 16.6. The molecule has 0 saturated heterocycles. The van der Waals surface area contributed by atoms with Gasteiger partial charge >= 0.3 is 5.97 Å². The number of benzene rings is 1. The zero-order chi connectivity index (χ0) is 14.9. The van der Waals surface area contributed by atoms with E-state index in [9.17, 15) is 9.90 Å². The molecular formula is C16H24O3. The maximum absolute atomic E-state index is 12.5. The van der Waals surface area contributed by atoms with Crippen molar-refractivity contribution in [2.45, 2.75) is 52.7 Å². The zero-order valence-corrected chi connectivity index (χ0v) is 12.7. The van der Waals surface area contributed by atoms with Gasteiger partial charge in [0.15, 0.2) is 5.60 Å². The van der Waals surface area contributed by atoms with E-state index < -0.39 is 22.6 Å². The molecule has 0 saturated carbocycles. The summed E-state index contributed by atoms with van der Waals surface area (Å²) in [6.45, 7) is 10.8. The van der Waals surface area contributed by atoms with Crippen molar-refractivity contribution in [1.29, 1.82) is 0 Å². The minimum absolute atomic E-state index is 0.553. The normalized spacial score (nSPS) is 15.7. The smallest absolute Gasteiger partial charge is 0.343 e. The molecule has 1 aromatic rings. The molecule has 1 unspecified atom stereocenters. The number of hydrogen-bond acceptors (Lipinski definition) is 3. The third kappa shape index (κ3) is 3.35. The monoisotopic (exact) mass is 264 g/mol. The topological polar surface area (TPSA) is 46.5 Å². The van der Waals surface area contributed by atoms with Crippen LogP contribution in [0.5, 0.6) is 0 Å². The molecule has 0 aliphatic carbocycles. The van der Waals surface area contributed by atoms with Crippen molar-refractivity contribution in [3.63, 3.8) is 0 Å². The van der Waals surface area contributed by atoms with Gasteiger partial charge in [-0.25, -0.2) is 4.79 Å². The molecule has 0 aromatic heterocycles. The maximum atomic E-state index is 12.5. The van der Waals surface area contributed by atoms with Crippen molar-refractivity contribution in [3.05, 3.63) is 35.9 Å². The largest absolute Gasteiger partial charge is 0.458 e. The highest BCUT2D eigenvalue weighted by molar-refractivity contribution is 5.82. The van der Waals surface area contributed by atoms with Crippen molar-refractivity contribution in [1.82, 2.24) is 0 Å². The van der Waals surface area contributed by atoms with E-state index in [4.69, 9.17) is 4.74 Å². The molecule has 0 amide bonds. The number of esters is 1. The molecule has 0 spiro atoms. The van der Waals surface area contributed by atoms with Crippen LogP contribution >= 0.6 is 0 Å². The Kier molecular flexibility index (Phi) is 4.11. The van der Waals surface area contributed by atoms with Gasteiger partial charge in [0.05, 0.1) is 0 Å². The van der Waals surface area contributed by atoms with E-state index in [-0.39, 0.29) is 0 Å². The predicted molar refractivity (Wildman–Crippen MR) is 75.6 cm³/mol. The first-order valence-electron chi connectivity index (χ1n) is 6.50. The van der Waals surface area contributed by atoms with Crippen molar-refractivity contribution >= 4 is 5.97 Å². The Hall–Kier alpha value is -1.35. The number of aliphatic hydroxyl groups is 1. The second-order valence-electron chi connectivity index (χ2n) is 6.83. The molecule has 0 radical (unpaired) electrons. The van der Waals surface area contributed by atoms with E-state index >= 15 is 0 Å². The maximum Gasteiger partial charge on any atom is 0.343 e. The van der Waals surface area contributed by atoms with Gasteiger partial charge < -0.3 is 9.84 Å². The fourth-order valence-corrected chi connectivity index (χ4v) is 1.89. The first kappa shape index (κ1) is 15.7. The fourth-order valence-electron chi connectivity index (χ4n) is 1.89. The Balaban J connectivity index is 3.27. The quantitative estimate of drug-likeness (QED) is 0.834. The molecule has 1 N–H and O–H groups in total. The summed E-state index contributed by atoms with van der Waals surface area (Å²) in [7, 11) is 0. The van der Waals surface area contributed by atoms with Crippen LogP contribution in [0.2, 0.25) is 0 Å². The molecule has 0 fully saturated rings. The van der Waals surface area contributed by atoms with Crippen LogP contribution in [-0.4, -0.2) is 16.7 Å². The lowest BCUT2D eigenvalue weighted by atomic mass is 9.72. The molecule has 0 heterocycles. The first-order chi connectivity index (χ1) is 8.48. The number of ether oxygens (including phenoxy) is 1. The Labute approximate surface area is 115 Å². The molecule has 1 atom stereocenters. The lowest BCUT2D eigenvalue weighted by Gasteiger charge is -2.39. The van der Waals surface area contributed by atoms with E-state index in [1.165, 1.54) is 0 Å². The van der Waals surface area contributed by atoms with Crippen LogP contribution in [0, 0.1) is 5.41 Å². The average molecular weight is 264 g/mol. The van der Waals surface area contributed by atoms with E-state index in [2.05, 4.69) is 0 Å². The number of hydrogen-bond donors (Lipinski definition) is 1. The Morgan fingerprint density at radius 1 is 1.00 bits per heavy atom. The summed E-state index contributed by atoms with van der Waals surface area (Å²) in [5, 5.41) is 11.0. The van der Waals surface area contributed by atoms with Gasteiger partial charge in [0.25, 0.3) is 0 Å². The van der Waals surface area contributed by atoms with Crippen LogP contribution in [0.4, 0.5) is 0 Å². The zero-order valence-electron chi connectivity index (χ0n) is 12.7. The highest BCUT2D eigenvalue weighted by Gasteiger charge is 2.50. The molecule has 19 heavy (non-hydrogen) atoms. The van der Waals surface area contributed by atoms with Crippen LogP contribution in [0.15, 0.2) is 30.3 Å². The van der Waals surface area contributed by atoms with Crippen molar-refractivity contribution in [2.24, 2.45) is 5.41 Å². The van der Waals surface area contributed by atoms with Crippen molar-refractivity contribution in [3.8, 4) is 0 Å². The van der Waals surface area contributed by atoms with Crippen LogP contribution in [0.3, 0.4) is 0 Å². The third-order valence-electron chi connectivity index (χ3n) is 2.97. The second-order valence-corrected chi connectivity index (χ2v) is 6.83. The van der Waals surface area contributed by atoms with Gasteiger partial charge in [-0.1, -0.05) is 51.1 Å². The van der Waals surface area contributed by atoms with Gasteiger partial charge in [0.1, 0.15) is 5.60 Å². The number of carbonyl (C=O) groups is 1. The van der Waals surface area contributed by atoms with Gasteiger partial charge in [-0.05, 0) is 26.3 Å². The van der Waals surface area contributed by atoms with Crippen molar-refractivity contribution < 1.29 is 14.6 Å². The minimum atomic E-state index is -1.67. The number of rotatable bonds is 2. The third-order valence-corrected chi connectivity index (χ3v) is 2.97. The Morgan fingerprint density at radius 3 is 1.84 bits per heavy atom. The summed E-state index contributed by atoms with van der Waals surface area (Å²) in [5.41, 5.74) is -2.42. The van der Waals surface area contributed by atoms with Crippen LogP contribution in [0.25, 0.3) is 0 Å². The molecule has 0 aliphatic heterocycles. The van der Waals surface area contributed by atoms with Gasteiger partial charge in [-0.2, -0.15) is 0 Å². The molecule has 3 heteroatoms. The van der Waals surface area contributed by atoms with Crippen LogP contribution < -0.4 is 0 Å². The Bertz CT molecular complexity index is 437. The van der Waals surface area contributed by atoms with Gasteiger partial charge in [0.2, 0.25) is 0 Å². The minimum Gasteiger partial charge on any atom is -0.458 e. The molecule has 1 rings (SSSR count). The van der Waals surface area contributed by atoms with E-state index in [0.717, 1.165) is 0 Å². The average Bonchev–Trinajstić information content (AvgIpc) is 2.25. The van der Waals surface area contributed by atoms with Gasteiger partial charge in [0, 0.05) is 5.41 Å². The second kappa shape index (κ2) is 4.97. The summed E-state index contributed by atoms with van der Waals surface area (Å²) in [4.78, 5) is 12.5. The van der Waals surface area contributed by atoms with E-state index in [1.807, 2.05) is 26.8 Å². The summed E-state index contributed by atoms with van der Waals surface area (Å²) >= 11 is 0. The van der Waals surface area contributed by atoms with E-state index in [1.54, 1.807) is 45.0 Å². The first-order valence-corrected chi connectivity index (χ1v) is 6.50. The fraction of sp³-hybridized carbons (Fsp3) is 0.562. The van der Waals surface area contributed by atoms with Crippen LogP contribution in [0.1, 0.15) is 47.1 Å². The Morgan fingerprint density at radius 2 is 1.47 bits per heavy atom. The lowest BCUT2D eigenvalue weighted by Crippen LogP contribution is -2.50. The number of carbonyl (C=O) groups excluding carboxylic acids is 1. The SMILES string of the molecule is CC(C)(C)OC(=O)C(O)(c1ccccc1)C(C)(C)C. The predicted octanol–water partition coefficient (Wildman–Crippen LogP) is 3.26. The molecule has 0 bridgehead atoms. The van der Waals surface area contributed by atoms with Gasteiger partial charge in [-0.15, -0.1) is 0 Å². The highest BCUT2D eigenvalue weighted by Crippen LogP contribution is 2.41. The summed E-state index contributed by atoms with van der Waals surface area (Å²) in [6, 6.07) is 8.94. The lowest BCUT2D eigenvalue weighted by molar-refractivity contribution is -0.191. The summed E-state index contributed by atoms with van der Waals surface area (Å²) < 4.78 is 5.39. The molecule has 3 nitrogen and oxygen atoms in total. The van der Waals surface area contributed by atoms with E-state index in [0.29, 0.717) is 5.56 Å². The summed E-state index contributed by atoms with van der Waals surface area (Å²) in [6.07, 6.45) is 0. The van der Waals surface area contributed by atoms with Gasteiger partial charge in [-0.3, -0.25) is 0 Å². The molecule has 1 aromatic carbocycles. The van der Waals surface area contributed by atoms with Crippen molar-refractivity contribution in [2.75, 3.05) is 0 Å². The molecular weight excluding hydrogens is 240 g/mol. The molecule has 0 aliphatic rings. The molecule has 106 valence electrons. The van der Waals surface area contributed by atoms with Crippen LogP contribution in [-0.2, 0) is 15.1 Å². The standard InChI is InChI=1S/C16H24O3/c1-14(2,3)16(18,12-10-8-7-9-11-12)13(17)19-15(4,5)6/h7-11,18H,1-6H3. The summed E-state index contributed by atoms with van der Waals surface area (Å²) in [5.74, 6) is -0.612.